The first kappa shape index (κ1) is 10.2. The molecule has 0 saturated heterocycles. The van der Waals surface area contributed by atoms with E-state index in [9.17, 15) is 0 Å². The lowest BCUT2D eigenvalue weighted by molar-refractivity contribution is -0.660. The van der Waals surface area contributed by atoms with Crippen LogP contribution in [0.5, 0.6) is 0 Å². The van der Waals surface area contributed by atoms with Crippen LogP contribution in [-0.2, 0) is 7.05 Å². The fraction of sp³-hybridized carbons (Fsp3) is 0.207. The van der Waals surface area contributed by atoms with Gasteiger partial charge >= 0.3 is 0 Å². The highest BCUT2D eigenvalue weighted by Gasteiger charge is 2.20. The minimum atomic E-state index is -2.74. The fourth-order valence-corrected chi connectivity index (χ4v) is 3.81. The van der Waals surface area contributed by atoms with E-state index in [-0.39, 0.29) is 33.4 Å². The van der Waals surface area contributed by atoms with Gasteiger partial charge in [-0.25, -0.2) is 4.57 Å². The number of pyridine rings is 1. The van der Waals surface area contributed by atoms with Crippen LogP contribution in [0.25, 0.3) is 33.5 Å². The molecule has 1 heterocycles. The smallest absolute Gasteiger partial charge is 0.201 e. The average molecular weight is 405 g/mol. The van der Waals surface area contributed by atoms with E-state index in [4.69, 9.17) is 16.4 Å². The standard InChI is InChI=1S/C29H30N/c1-19-11-10-12-20(2)29(19)27-17-28(30(6)18-23(27)5)26-16-25(21(3)15-22(26)4)24-13-8-7-9-14-24/h7-18H,1-6H3/q+1/i1D3,2D3,3D3,5D3. The Balaban J connectivity index is 2.16. The van der Waals surface area contributed by atoms with Gasteiger partial charge in [-0.15, -0.1) is 0 Å². The van der Waals surface area contributed by atoms with Crippen molar-refractivity contribution >= 4 is 0 Å². The topological polar surface area (TPSA) is 3.88 Å². The lowest BCUT2D eigenvalue weighted by Gasteiger charge is -2.15. The van der Waals surface area contributed by atoms with E-state index in [0.29, 0.717) is 27.9 Å². The second-order valence-electron chi connectivity index (χ2n) is 7.40. The Morgan fingerprint density at radius 1 is 0.633 bits per heavy atom. The summed E-state index contributed by atoms with van der Waals surface area (Å²) in [6.45, 7) is -8.87. The molecule has 0 amide bonds. The van der Waals surface area contributed by atoms with Crippen LogP contribution in [-0.4, -0.2) is 0 Å². The molecule has 0 aliphatic heterocycles. The Morgan fingerprint density at radius 3 is 2.00 bits per heavy atom. The zero-order valence-electron chi connectivity index (χ0n) is 28.9. The second-order valence-corrected chi connectivity index (χ2v) is 7.40. The van der Waals surface area contributed by atoms with Gasteiger partial charge in [0.1, 0.15) is 7.05 Å². The van der Waals surface area contributed by atoms with E-state index in [1.165, 1.54) is 30.5 Å². The predicted molar refractivity (Wildman–Crippen MR) is 128 cm³/mol. The summed E-state index contributed by atoms with van der Waals surface area (Å²) in [5.41, 5.74) is 1.91. The molecular weight excluding hydrogens is 362 g/mol. The minimum absolute atomic E-state index is 0.0403. The summed E-state index contributed by atoms with van der Waals surface area (Å²) in [7, 11) is 1.63. The molecule has 1 nitrogen and oxygen atoms in total. The summed E-state index contributed by atoms with van der Waals surface area (Å²) in [5.74, 6) is 0. The molecule has 0 atom stereocenters. The van der Waals surface area contributed by atoms with E-state index < -0.39 is 27.4 Å². The fourth-order valence-electron chi connectivity index (χ4n) is 3.81. The second kappa shape index (κ2) is 7.91. The molecular formula is C29H30N+. The largest absolute Gasteiger partial charge is 0.213 e. The maximum Gasteiger partial charge on any atom is 0.213 e. The van der Waals surface area contributed by atoms with Crippen molar-refractivity contribution in [3.05, 3.63) is 101 Å². The number of nitrogens with zero attached hydrogens (tertiary/aromatic N) is 1. The first-order valence-corrected chi connectivity index (χ1v) is 9.60. The molecule has 0 aliphatic rings. The lowest BCUT2D eigenvalue weighted by atomic mass is 9.90. The monoisotopic (exact) mass is 404 g/mol. The zero-order valence-corrected chi connectivity index (χ0v) is 16.9. The number of benzene rings is 3. The van der Waals surface area contributed by atoms with Crippen LogP contribution in [0.2, 0.25) is 0 Å². The van der Waals surface area contributed by atoms with E-state index in [2.05, 4.69) is 0 Å². The Hall–Kier alpha value is -3.19. The van der Waals surface area contributed by atoms with Gasteiger partial charge in [0.05, 0.1) is 0 Å². The third-order valence-electron chi connectivity index (χ3n) is 5.33. The van der Waals surface area contributed by atoms with Gasteiger partial charge in [0.25, 0.3) is 0 Å². The molecule has 1 aromatic heterocycles. The third-order valence-corrected chi connectivity index (χ3v) is 5.33. The molecule has 1 heteroatoms. The van der Waals surface area contributed by atoms with Crippen molar-refractivity contribution in [3.63, 3.8) is 0 Å². The van der Waals surface area contributed by atoms with Crippen molar-refractivity contribution in [2.45, 2.75) is 34.3 Å². The molecule has 0 spiro atoms. The van der Waals surface area contributed by atoms with Crippen molar-refractivity contribution in [3.8, 4) is 33.5 Å². The third kappa shape index (κ3) is 3.57. The molecule has 30 heavy (non-hydrogen) atoms. The minimum Gasteiger partial charge on any atom is -0.201 e. The average Bonchev–Trinajstić information content (AvgIpc) is 2.86. The number of hydrogen-bond donors (Lipinski definition) is 0. The molecule has 0 unspecified atom stereocenters. The number of aromatic nitrogens is 1. The summed E-state index contributed by atoms with van der Waals surface area (Å²) in [5, 5.41) is 0. The predicted octanol–water partition coefficient (Wildman–Crippen LogP) is 7.05. The summed E-state index contributed by atoms with van der Waals surface area (Å²) in [4.78, 5) is 0. The van der Waals surface area contributed by atoms with Crippen LogP contribution in [0.1, 0.15) is 44.3 Å². The van der Waals surface area contributed by atoms with Gasteiger partial charge in [-0.05, 0) is 84.9 Å². The van der Waals surface area contributed by atoms with Gasteiger partial charge < -0.3 is 0 Å². The van der Waals surface area contributed by atoms with Gasteiger partial charge in [0.2, 0.25) is 5.69 Å². The molecule has 0 aliphatic carbocycles. The number of hydrogen-bond acceptors (Lipinski definition) is 0. The number of rotatable bonds is 3. The Kier molecular flexibility index (Phi) is 2.69. The molecule has 0 saturated carbocycles. The Labute approximate surface area is 197 Å². The van der Waals surface area contributed by atoms with Crippen LogP contribution in [0.3, 0.4) is 0 Å². The van der Waals surface area contributed by atoms with Crippen LogP contribution in [0, 0.1) is 34.3 Å². The van der Waals surface area contributed by atoms with Gasteiger partial charge in [0, 0.05) is 33.6 Å². The van der Waals surface area contributed by atoms with Crippen molar-refractivity contribution in [1.29, 1.82) is 0 Å². The molecule has 0 fully saturated rings. The quantitative estimate of drug-likeness (QED) is 0.322. The van der Waals surface area contributed by atoms with Crippen LogP contribution in [0.15, 0.2) is 72.9 Å². The van der Waals surface area contributed by atoms with Gasteiger partial charge in [-0.1, -0.05) is 54.6 Å². The summed E-state index contributed by atoms with van der Waals surface area (Å²) >= 11 is 0. The SMILES string of the molecule is [2H]C([2H])([2H])c1cc(C)c(-c2cc(-c3c(C([2H])([2H])[2H])cccc3C([2H])([2H])[2H])c(C([2H])([2H])[2H])c[n+]2C)cc1-c1ccccc1. The van der Waals surface area contributed by atoms with Gasteiger partial charge in [0.15, 0.2) is 6.20 Å². The van der Waals surface area contributed by atoms with Crippen molar-refractivity contribution in [2.75, 3.05) is 0 Å². The first-order valence-electron chi connectivity index (χ1n) is 15.6. The van der Waals surface area contributed by atoms with Gasteiger partial charge in [-0.3, -0.25) is 0 Å². The lowest BCUT2D eigenvalue weighted by Crippen LogP contribution is -2.31. The molecule has 4 rings (SSSR count). The Morgan fingerprint density at radius 2 is 1.33 bits per heavy atom. The van der Waals surface area contributed by atoms with E-state index in [1.54, 1.807) is 54.9 Å². The zero-order chi connectivity index (χ0) is 31.4. The molecule has 150 valence electrons. The molecule has 4 aromatic rings. The molecule has 3 aromatic carbocycles. The van der Waals surface area contributed by atoms with Gasteiger partial charge in [-0.2, -0.15) is 0 Å². The van der Waals surface area contributed by atoms with Crippen molar-refractivity contribution in [1.82, 2.24) is 0 Å². The molecule has 0 radical (unpaired) electrons. The van der Waals surface area contributed by atoms with Crippen LogP contribution < -0.4 is 4.57 Å². The maximum atomic E-state index is 8.25. The number of aryl methyl sites for hydroxylation is 6. The van der Waals surface area contributed by atoms with Crippen molar-refractivity contribution < 1.29 is 21.0 Å². The summed E-state index contributed by atoms with van der Waals surface area (Å²) < 4.78 is 99.6. The molecule has 0 N–H and O–H groups in total. The molecule has 0 bridgehead atoms. The maximum absolute atomic E-state index is 8.25. The normalized spacial score (nSPS) is 18.6. The van der Waals surface area contributed by atoms with E-state index in [0.717, 1.165) is 0 Å². The van der Waals surface area contributed by atoms with E-state index >= 15 is 0 Å². The highest BCUT2D eigenvalue weighted by Crippen LogP contribution is 2.35. The summed E-state index contributed by atoms with van der Waals surface area (Å²) in [6, 6.07) is 17.7. The summed E-state index contributed by atoms with van der Waals surface area (Å²) in [6.07, 6.45) is 1.36. The highest BCUT2D eigenvalue weighted by atomic mass is 14.9. The van der Waals surface area contributed by atoms with Crippen molar-refractivity contribution in [2.24, 2.45) is 7.05 Å². The van der Waals surface area contributed by atoms with Crippen LogP contribution in [0.4, 0.5) is 0 Å². The first-order chi connectivity index (χ1) is 19.2. The van der Waals surface area contributed by atoms with E-state index in [1.807, 2.05) is 6.07 Å². The van der Waals surface area contributed by atoms with Crippen LogP contribution >= 0.6 is 0 Å². The highest BCUT2D eigenvalue weighted by molar-refractivity contribution is 5.79. The Bertz CT molecular complexity index is 1590.